The van der Waals surface area contributed by atoms with Crippen LogP contribution in [0.3, 0.4) is 0 Å². The van der Waals surface area contributed by atoms with Gasteiger partial charge in [0.2, 0.25) is 0 Å². The van der Waals surface area contributed by atoms with Crippen molar-refractivity contribution in [2.75, 3.05) is 0 Å². The highest BCUT2D eigenvalue weighted by atomic mass is 16.3. The number of benzene rings is 1. The maximum atomic E-state index is 10.7. The lowest BCUT2D eigenvalue weighted by Crippen LogP contribution is -2.34. The Labute approximate surface area is 107 Å². The maximum absolute atomic E-state index is 10.7. The first-order chi connectivity index (χ1) is 8.32. The minimum Gasteiger partial charge on any atom is -0.508 e. The van der Waals surface area contributed by atoms with Crippen LogP contribution in [0.2, 0.25) is 0 Å². The second-order valence-electron chi connectivity index (χ2n) is 6.12. The fraction of sp³-hybridized carbons (Fsp3) is 0.533. The van der Waals surface area contributed by atoms with Crippen LogP contribution in [0.25, 0.3) is 0 Å². The molecule has 1 saturated carbocycles. The summed E-state index contributed by atoms with van der Waals surface area (Å²) < 4.78 is 0. The van der Waals surface area contributed by atoms with E-state index in [2.05, 4.69) is 20.8 Å². The molecule has 0 amide bonds. The molecular formula is C15H20O3. The van der Waals surface area contributed by atoms with Crippen LogP contribution in [-0.4, -0.2) is 16.5 Å². The summed E-state index contributed by atoms with van der Waals surface area (Å²) in [6.07, 6.45) is 3.74. The Morgan fingerprint density at radius 1 is 1.11 bits per heavy atom. The number of hydrogen-bond acceptors (Lipinski definition) is 3. The van der Waals surface area contributed by atoms with E-state index in [0.717, 1.165) is 24.8 Å². The van der Waals surface area contributed by atoms with Gasteiger partial charge in [0.1, 0.15) is 11.5 Å². The SMILES string of the molecule is CC1(C)CCC[C@@]1(C)c1cc(O)c(C=O)cc1O. The lowest BCUT2D eigenvalue weighted by Gasteiger charge is -2.39. The van der Waals surface area contributed by atoms with Gasteiger partial charge in [-0.3, -0.25) is 4.79 Å². The molecule has 0 unspecified atom stereocenters. The van der Waals surface area contributed by atoms with E-state index in [9.17, 15) is 15.0 Å². The Hall–Kier alpha value is -1.51. The van der Waals surface area contributed by atoms with Crippen LogP contribution in [0.4, 0.5) is 0 Å². The Kier molecular flexibility index (Phi) is 2.88. The molecule has 0 bridgehead atoms. The molecule has 0 radical (unpaired) electrons. The molecule has 0 heterocycles. The molecule has 3 heteroatoms. The molecule has 1 atom stereocenters. The van der Waals surface area contributed by atoms with E-state index in [0.29, 0.717) is 6.29 Å². The van der Waals surface area contributed by atoms with E-state index in [1.165, 1.54) is 6.07 Å². The van der Waals surface area contributed by atoms with E-state index < -0.39 is 0 Å². The topological polar surface area (TPSA) is 57.5 Å². The van der Waals surface area contributed by atoms with Crippen LogP contribution in [0.5, 0.6) is 11.5 Å². The largest absolute Gasteiger partial charge is 0.508 e. The van der Waals surface area contributed by atoms with E-state index in [1.807, 2.05) is 0 Å². The molecule has 0 aliphatic heterocycles. The summed E-state index contributed by atoms with van der Waals surface area (Å²) >= 11 is 0. The third kappa shape index (κ3) is 1.69. The quantitative estimate of drug-likeness (QED) is 0.623. The number of carbonyl (C=O) groups excluding carboxylic acids is 1. The molecule has 2 rings (SSSR count). The summed E-state index contributed by atoms with van der Waals surface area (Å²) in [5.74, 6) is 0.0501. The third-order valence-corrected chi connectivity index (χ3v) is 4.84. The van der Waals surface area contributed by atoms with Crippen LogP contribution >= 0.6 is 0 Å². The van der Waals surface area contributed by atoms with Crippen molar-refractivity contribution in [2.45, 2.75) is 45.4 Å². The summed E-state index contributed by atoms with van der Waals surface area (Å²) in [5, 5.41) is 20.0. The third-order valence-electron chi connectivity index (χ3n) is 4.84. The average Bonchev–Trinajstić information content (AvgIpc) is 2.57. The zero-order chi connectivity index (χ0) is 13.6. The van der Waals surface area contributed by atoms with Crippen molar-refractivity contribution >= 4 is 6.29 Å². The number of aromatic hydroxyl groups is 2. The number of aldehydes is 1. The molecule has 0 spiro atoms. The summed E-state index contributed by atoms with van der Waals surface area (Å²) in [5.41, 5.74) is 0.777. The Morgan fingerprint density at radius 3 is 2.28 bits per heavy atom. The van der Waals surface area contributed by atoms with Crippen LogP contribution in [0, 0.1) is 5.41 Å². The van der Waals surface area contributed by atoms with Gasteiger partial charge in [0.25, 0.3) is 0 Å². The summed E-state index contributed by atoms with van der Waals surface area (Å²) in [4.78, 5) is 10.7. The number of phenols is 2. The van der Waals surface area contributed by atoms with Crippen molar-refractivity contribution in [1.82, 2.24) is 0 Å². The smallest absolute Gasteiger partial charge is 0.153 e. The molecule has 3 nitrogen and oxygen atoms in total. The predicted octanol–water partition coefficient (Wildman–Crippen LogP) is 3.38. The normalized spacial score (nSPS) is 26.2. The fourth-order valence-electron chi connectivity index (χ4n) is 3.13. The Bertz CT molecular complexity index is 491. The first-order valence-corrected chi connectivity index (χ1v) is 6.33. The van der Waals surface area contributed by atoms with Gasteiger partial charge in [-0.05, 0) is 30.4 Å². The summed E-state index contributed by atoms with van der Waals surface area (Å²) in [7, 11) is 0. The molecule has 1 fully saturated rings. The molecule has 1 aromatic rings. The molecule has 2 N–H and O–H groups in total. The first-order valence-electron chi connectivity index (χ1n) is 6.33. The van der Waals surface area contributed by atoms with Crippen LogP contribution < -0.4 is 0 Å². The fourth-order valence-corrected chi connectivity index (χ4v) is 3.13. The van der Waals surface area contributed by atoms with Gasteiger partial charge in [0.15, 0.2) is 6.29 Å². The lowest BCUT2D eigenvalue weighted by molar-refractivity contribution is 0.112. The molecule has 0 saturated heterocycles. The number of phenolic OH excluding ortho intramolecular Hbond substituents is 2. The molecular weight excluding hydrogens is 228 g/mol. The Morgan fingerprint density at radius 2 is 1.78 bits per heavy atom. The van der Waals surface area contributed by atoms with Gasteiger partial charge in [0.05, 0.1) is 5.56 Å². The van der Waals surface area contributed by atoms with E-state index in [4.69, 9.17) is 0 Å². The first kappa shape index (κ1) is 12.9. The average molecular weight is 248 g/mol. The zero-order valence-corrected chi connectivity index (χ0v) is 11.2. The molecule has 18 heavy (non-hydrogen) atoms. The van der Waals surface area contributed by atoms with Gasteiger partial charge < -0.3 is 10.2 Å². The highest BCUT2D eigenvalue weighted by molar-refractivity contribution is 5.80. The van der Waals surface area contributed by atoms with Crippen molar-refractivity contribution < 1.29 is 15.0 Å². The van der Waals surface area contributed by atoms with Gasteiger partial charge in [-0.2, -0.15) is 0 Å². The van der Waals surface area contributed by atoms with Crippen molar-refractivity contribution in [1.29, 1.82) is 0 Å². The highest BCUT2D eigenvalue weighted by Crippen LogP contribution is 2.56. The van der Waals surface area contributed by atoms with Gasteiger partial charge in [-0.15, -0.1) is 0 Å². The molecule has 0 aromatic heterocycles. The molecule has 1 aliphatic carbocycles. The number of rotatable bonds is 2. The summed E-state index contributed by atoms with van der Waals surface area (Å²) in [6.45, 7) is 6.49. The molecule has 98 valence electrons. The van der Waals surface area contributed by atoms with Crippen molar-refractivity contribution in [3.8, 4) is 11.5 Å². The second kappa shape index (κ2) is 4.01. The highest BCUT2D eigenvalue weighted by Gasteiger charge is 2.47. The van der Waals surface area contributed by atoms with E-state index in [1.54, 1.807) is 6.07 Å². The standard InChI is InChI=1S/C15H20O3/c1-14(2)5-4-6-15(14,3)11-8-12(17)10(9-16)7-13(11)18/h7-9,17-18H,4-6H2,1-3H3/t15-/m0/s1. The van der Waals surface area contributed by atoms with Crippen molar-refractivity contribution in [3.05, 3.63) is 23.3 Å². The number of carbonyl (C=O) groups is 1. The Balaban J connectivity index is 2.58. The maximum Gasteiger partial charge on any atom is 0.153 e. The van der Waals surface area contributed by atoms with E-state index in [-0.39, 0.29) is 27.9 Å². The lowest BCUT2D eigenvalue weighted by atomic mass is 9.65. The minimum absolute atomic E-state index is 0.0540. The van der Waals surface area contributed by atoms with Crippen LogP contribution in [0.15, 0.2) is 12.1 Å². The van der Waals surface area contributed by atoms with Crippen LogP contribution in [0.1, 0.15) is 56.0 Å². The minimum atomic E-state index is -0.171. The molecule has 1 aromatic carbocycles. The monoisotopic (exact) mass is 248 g/mol. The van der Waals surface area contributed by atoms with Crippen molar-refractivity contribution in [2.24, 2.45) is 5.41 Å². The zero-order valence-electron chi connectivity index (χ0n) is 11.2. The second-order valence-corrected chi connectivity index (χ2v) is 6.12. The van der Waals surface area contributed by atoms with Crippen LogP contribution in [-0.2, 0) is 5.41 Å². The van der Waals surface area contributed by atoms with E-state index >= 15 is 0 Å². The van der Waals surface area contributed by atoms with Crippen molar-refractivity contribution in [3.63, 3.8) is 0 Å². The van der Waals surface area contributed by atoms with Gasteiger partial charge >= 0.3 is 0 Å². The van der Waals surface area contributed by atoms with Gasteiger partial charge in [-0.25, -0.2) is 0 Å². The number of hydrogen-bond donors (Lipinski definition) is 2. The van der Waals surface area contributed by atoms with Gasteiger partial charge in [0, 0.05) is 11.0 Å². The molecule has 1 aliphatic rings. The predicted molar refractivity (Wildman–Crippen MR) is 70.1 cm³/mol. The summed E-state index contributed by atoms with van der Waals surface area (Å²) in [6, 6.07) is 2.91. The van der Waals surface area contributed by atoms with Gasteiger partial charge in [-0.1, -0.05) is 27.2 Å².